The lowest BCUT2D eigenvalue weighted by Crippen LogP contribution is -2.41. The van der Waals surface area contributed by atoms with Gasteiger partial charge in [-0.1, -0.05) is 30.4 Å². The van der Waals surface area contributed by atoms with Crippen molar-refractivity contribution in [3.63, 3.8) is 0 Å². The Kier molecular flexibility index (Phi) is 2.27. The van der Waals surface area contributed by atoms with Crippen LogP contribution in [0.3, 0.4) is 0 Å². The zero-order valence-corrected chi connectivity index (χ0v) is 12.5. The Morgan fingerprint density at radius 2 is 1.91 bits per heavy atom. The lowest BCUT2D eigenvalue weighted by molar-refractivity contribution is -0.130. The Bertz CT molecular complexity index is 850. The number of hydrogen-bond acceptors (Lipinski definition) is 2. The molecular formula is C20H19NO. The number of fused-ring (bicyclic) bond motifs is 5. The third kappa shape index (κ3) is 1.53. The first-order valence-electron chi connectivity index (χ1n) is 8.17. The summed E-state index contributed by atoms with van der Waals surface area (Å²) in [6.07, 6.45) is 8.38. The van der Waals surface area contributed by atoms with Gasteiger partial charge in [0.05, 0.1) is 0 Å². The van der Waals surface area contributed by atoms with Crippen molar-refractivity contribution in [1.82, 2.24) is 0 Å². The predicted molar refractivity (Wildman–Crippen MR) is 88.6 cm³/mol. The molecule has 3 aliphatic rings. The average Bonchev–Trinajstić information content (AvgIpc) is 3.08. The summed E-state index contributed by atoms with van der Waals surface area (Å²) < 4.78 is 0. The van der Waals surface area contributed by atoms with Crippen molar-refractivity contribution in [2.24, 2.45) is 17.3 Å². The highest BCUT2D eigenvalue weighted by molar-refractivity contribution is 5.94. The second kappa shape index (κ2) is 4.01. The van der Waals surface area contributed by atoms with Crippen LogP contribution in [-0.2, 0) is 17.6 Å². The first kappa shape index (κ1) is 12.5. The maximum absolute atomic E-state index is 12.9. The Labute approximate surface area is 130 Å². The predicted octanol–water partition coefficient (Wildman–Crippen LogP) is 3.67. The van der Waals surface area contributed by atoms with Gasteiger partial charge in [0.25, 0.3) is 0 Å². The number of benzene rings is 2. The number of anilines is 1. The topological polar surface area (TPSA) is 43.1 Å². The van der Waals surface area contributed by atoms with Gasteiger partial charge in [-0.25, -0.2) is 0 Å². The minimum absolute atomic E-state index is 0.111. The van der Waals surface area contributed by atoms with Crippen molar-refractivity contribution >= 4 is 22.2 Å². The van der Waals surface area contributed by atoms with Crippen LogP contribution in [0.2, 0.25) is 0 Å². The largest absolute Gasteiger partial charge is 0.399 e. The molecule has 3 aliphatic carbocycles. The van der Waals surface area contributed by atoms with Gasteiger partial charge in [-0.3, -0.25) is 4.79 Å². The van der Waals surface area contributed by atoms with Gasteiger partial charge in [0, 0.05) is 17.5 Å². The number of rotatable bonds is 0. The highest BCUT2D eigenvalue weighted by atomic mass is 16.1. The zero-order valence-electron chi connectivity index (χ0n) is 12.5. The van der Waals surface area contributed by atoms with E-state index in [0.29, 0.717) is 24.0 Å². The average molecular weight is 289 g/mol. The van der Waals surface area contributed by atoms with Crippen LogP contribution in [0.5, 0.6) is 0 Å². The molecule has 1 saturated carbocycles. The number of carbonyl (C=O) groups is 1. The van der Waals surface area contributed by atoms with Crippen LogP contribution in [0.4, 0.5) is 5.69 Å². The van der Waals surface area contributed by atoms with E-state index in [4.69, 9.17) is 5.73 Å². The molecule has 2 aromatic carbocycles. The highest BCUT2D eigenvalue weighted by Gasteiger charge is 2.54. The van der Waals surface area contributed by atoms with E-state index in [1.54, 1.807) is 0 Å². The zero-order chi connectivity index (χ0) is 14.9. The Morgan fingerprint density at radius 1 is 1.05 bits per heavy atom. The minimum Gasteiger partial charge on any atom is -0.399 e. The molecule has 3 unspecified atom stereocenters. The van der Waals surface area contributed by atoms with Crippen LogP contribution in [-0.4, -0.2) is 5.78 Å². The van der Waals surface area contributed by atoms with E-state index in [-0.39, 0.29) is 5.41 Å². The van der Waals surface area contributed by atoms with E-state index in [0.717, 1.165) is 18.5 Å². The Balaban J connectivity index is 1.65. The molecule has 0 radical (unpaired) electrons. The fourth-order valence-electron chi connectivity index (χ4n) is 5.01. The molecule has 1 fully saturated rings. The van der Waals surface area contributed by atoms with E-state index in [1.165, 1.54) is 28.3 Å². The van der Waals surface area contributed by atoms with Crippen LogP contribution < -0.4 is 5.73 Å². The van der Waals surface area contributed by atoms with E-state index < -0.39 is 0 Å². The quantitative estimate of drug-likeness (QED) is 0.594. The van der Waals surface area contributed by atoms with Crippen molar-refractivity contribution in [3.05, 3.63) is 53.6 Å². The van der Waals surface area contributed by atoms with Gasteiger partial charge in [-0.15, -0.1) is 0 Å². The number of Topliss-reactive ketones (excluding diaryl/α,β-unsaturated/α-hetero) is 1. The van der Waals surface area contributed by atoms with Crippen LogP contribution in [0.1, 0.15) is 24.0 Å². The number of ketones is 1. The molecule has 0 aromatic heterocycles. The number of allylic oxidation sites excluding steroid dienone is 2. The molecule has 2 bridgehead atoms. The fraction of sp³-hybridized carbons (Fsp3) is 0.350. The van der Waals surface area contributed by atoms with Crippen LogP contribution >= 0.6 is 0 Å². The van der Waals surface area contributed by atoms with E-state index in [9.17, 15) is 4.79 Å². The van der Waals surface area contributed by atoms with Gasteiger partial charge < -0.3 is 5.73 Å². The van der Waals surface area contributed by atoms with Gasteiger partial charge in [0.15, 0.2) is 0 Å². The maximum Gasteiger partial charge on any atom is 0.144 e. The smallest absolute Gasteiger partial charge is 0.144 e. The second-order valence-corrected chi connectivity index (χ2v) is 7.35. The summed E-state index contributed by atoms with van der Waals surface area (Å²) in [6.45, 7) is 0. The Morgan fingerprint density at radius 3 is 2.68 bits per heavy atom. The molecule has 110 valence electrons. The van der Waals surface area contributed by atoms with Crippen molar-refractivity contribution in [2.75, 3.05) is 5.73 Å². The highest BCUT2D eigenvalue weighted by Crippen LogP contribution is 2.56. The molecule has 2 nitrogen and oxygen atoms in total. The van der Waals surface area contributed by atoms with Gasteiger partial charge in [-0.05, 0) is 65.1 Å². The molecule has 1 spiro atoms. The van der Waals surface area contributed by atoms with E-state index >= 15 is 0 Å². The van der Waals surface area contributed by atoms with Crippen molar-refractivity contribution in [2.45, 2.75) is 25.7 Å². The number of hydrogen-bond donors (Lipinski definition) is 1. The van der Waals surface area contributed by atoms with Crippen molar-refractivity contribution in [3.8, 4) is 0 Å². The molecule has 0 amide bonds. The molecule has 0 saturated heterocycles. The Hall–Kier alpha value is -2.09. The lowest BCUT2D eigenvalue weighted by atomic mass is 9.63. The van der Waals surface area contributed by atoms with Crippen molar-refractivity contribution < 1.29 is 4.79 Å². The third-order valence-electron chi connectivity index (χ3n) is 6.10. The minimum atomic E-state index is -0.111. The fourth-order valence-corrected chi connectivity index (χ4v) is 5.01. The molecule has 0 aliphatic heterocycles. The number of nitrogen functional groups attached to an aromatic ring is 1. The molecule has 2 N–H and O–H groups in total. The summed E-state index contributed by atoms with van der Waals surface area (Å²) in [5, 5.41) is 2.38. The molecule has 2 aromatic rings. The van der Waals surface area contributed by atoms with Crippen molar-refractivity contribution in [1.29, 1.82) is 0 Å². The molecular weight excluding hydrogens is 270 g/mol. The van der Waals surface area contributed by atoms with E-state index in [1.807, 2.05) is 12.1 Å². The molecule has 3 atom stereocenters. The summed E-state index contributed by atoms with van der Waals surface area (Å²) in [5.74, 6) is 1.56. The standard InChI is InChI=1S/C20H19NO/c21-18-4-2-13-6-15-9-19(22)20(10-12-1-3-17(20)5-12)11-16(15)7-14(13)8-18/h1-4,6-8,12,17H,5,9-11,21H2. The summed E-state index contributed by atoms with van der Waals surface area (Å²) in [4.78, 5) is 12.9. The number of nitrogens with two attached hydrogens (primary N) is 1. The lowest BCUT2D eigenvalue weighted by Gasteiger charge is -2.38. The normalized spacial score (nSPS) is 32.1. The van der Waals surface area contributed by atoms with Gasteiger partial charge in [0.1, 0.15) is 5.78 Å². The van der Waals surface area contributed by atoms with E-state index in [2.05, 4.69) is 30.4 Å². The summed E-state index contributed by atoms with van der Waals surface area (Å²) in [7, 11) is 0. The first-order valence-corrected chi connectivity index (χ1v) is 8.17. The third-order valence-corrected chi connectivity index (χ3v) is 6.10. The summed E-state index contributed by atoms with van der Waals surface area (Å²) in [6, 6.07) is 10.5. The molecule has 2 heteroatoms. The van der Waals surface area contributed by atoms with Crippen LogP contribution in [0.25, 0.3) is 10.8 Å². The van der Waals surface area contributed by atoms with Crippen LogP contribution in [0.15, 0.2) is 42.5 Å². The number of carbonyl (C=O) groups excluding carboxylic acids is 1. The summed E-state index contributed by atoms with van der Waals surface area (Å²) >= 11 is 0. The second-order valence-electron chi connectivity index (χ2n) is 7.35. The first-order chi connectivity index (χ1) is 10.6. The van der Waals surface area contributed by atoms with Gasteiger partial charge >= 0.3 is 0 Å². The van der Waals surface area contributed by atoms with Gasteiger partial charge in [0.2, 0.25) is 0 Å². The maximum atomic E-state index is 12.9. The molecule has 0 heterocycles. The molecule has 22 heavy (non-hydrogen) atoms. The van der Waals surface area contributed by atoms with Gasteiger partial charge in [-0.2, -0.15) is 0 Å². The molecule has 5 rings (SSSR count). The monoisotopic (exact) mass is 289 g/mol. The SMILES string of the molecule is Nc1ccc2cc3c(cc2c1)CC1(CC2C=CC1C2)C(=O)C3. The van der Waals surface area contributed by atoms with Crippen LogP contribution in [0, 0.1) is 17.3 Å². The summed E-state index contributed by atoms with van der Waals surface area (Å²) in [5.41, 5.74) is 9.20.